The molecule has 0 aromatic heterocycles. The normalized spacial score (nSPS) is 21.8. The highest BCUT2D eigenvalue weighted by molar-refractivity contribution is 6.76. The Morgan fingerprint density at radius 2 is 1.71 bits per heavy atom. The van der Waals surface area contributed by atoms with Gasteiger partial charge in [-0.05, 0) is 23.5 Å². The van der Waals surface area contributed by atoms with E-state index < -0.39 is 20.3 Å². The lowest BCUT2D eigenvalue weighted by molar-refractivity contribution is -0.139. The Bertz CT molecular complexity index is 366. The molecule has 142 valence electrons. The molecule has 1 saturated heterocycles. The lowest BCUT2D eigenvalue weighted by Crippen LogP contribution is -2.48. The van der Waals surface area contributed by atoms with Gasteiger partial charge in [-0.1, -0.05) is 73.1 Å². The number of rotatable bonds is 12. The van der Waals surface area contributed by atoms with Crippen molar-refractivity contribution in [3.8, 4) is 0 Å². The zero-order valence-electron chi connectivity index (χ0n) is 16.4. The molecule has 1 heterocycles. The van der Waals surface area contributed by atoms with E-state index in [1.165, 1.54) is 44.6 Å². The third-order valence-electron chi connectivity index (χ3n) is 5.65. The molecule has 0 saturated carbocycles. The summed E-state index contributed by atoms with van der Waals surface area (Å²) >= 11 is 0. The number of carbonyl (C=O) groups is 1. The lowest BCUT2D eigenvalue weighted by Gasteiger charge is -2.41. The summed E-state index contributed by atoms with van der Waals surface area (Å²) in [5, 5.41) is 12.3. The van der Waals surface area contributed by atoms with E-state index in [9.17, 15) is 9.90 Å². The number of carboxylic acids is 1. The van der Waals surface area contributed by atoms with Crippen molar-refractivity contribution in [1.29, 1.82) is 0 Å². The van der Waals surface area contributed by atoms with Crippen LogP contribution in [0.3, 0.4) is 0 Å². The SMILES string of the molecule is CCCCCCCC[Si](O[C@H]1CN[C@H](C(=O)O)C1)(C(C)C)C(C)C. The number of nitrogens with one attached hydrogen (secondary N) is 1. The second-order valence-electron chi connectivity index (χ2n) is 8.06. The van der Waals surface area contributed by atoms with Crippen LogP contribution in [0.1, 0.15) is 79.6 Å². The fourth-order valence-corrected chi connectivity index (χ4v) is 8.80. The summed E-state index contributed by atoms with van der Waals surface area (Å²) in [5.74, 6) is -0.751. The topological polar surface area (TPSA) is 58.6 Å². The van der Waals surface area contributed by atoms with E-state index in [0.29, 0.717) is 24.0 Å². The van der Waals surface area contributed by atoms with Crippen LogP contribution in [0.25, 0.3) is 0 Å². The number of hydrogen-bond donors (Lipinski definition) is 2. The van der Waals surface area contributed by atoms with Crippen molar-refractivity contribution in [2.75, 3.05) is 6.54 Å². The fraction of sp³-hybridized carbons (Fsp3) is 0.947. The number of aliphatic carboxylic acids is 1. The van der Waals surface area contributed by atoms with Crippen LogP contribution in [0.4, 0.5) is 0 Å². The van der Waals surface area contributed by atoms with Gasteiger partial charge >= 0.3 is 5.97 Å². The molecule has 0 unspecified atom stereocenters. The summed E-state index contributed by atoms with van der Waals surface area (Å²) in [6, 6.07) is 0.776. The van der Waals surface area contributed by atoms with Crippen molar-refractivity contribution in [3.63, 3.8) is 0 Å². The van der Waals surface area contributed by atoms with Gasteiger partial charge in [0.2, 0.25) is 0 Å². The first-order valence-electron chi connectivity index (χ1n) is 9.97. The third-order valence-corrected chi connectivity index (χ3v) is 11.5. The Labute approximate surface area is 149 Å². The Hall–Kier alpha value is -0.393. The average molecular weight is 358 g/mol. The summed E-state index contributed by atoms with van der Waals surface area (Å²) in [6.07, 6.45) is 8.56. The molecule has 2 atom stereocenters. The van der Waals surface area contributed by atoms with Crippen LogP contribution >= 0.6 is 0 Å². The fourth-order valence-electron chi connectivity index (χ4n) is 4.05. The first kappa shape index (κ1) is 21.6. The van der Waals surface area contributed by atoms with Crippen LogP contribution in [0.15, 0.2) is 0 Å². The molecule has 0 aromatic carbocycles. The van der Waals surface area contributed by atoms with Gasteiger partial charge in [0.25, 0.3) is 0 Å². The first-order valence-corrected chi connectivity index (χ1v) is 12.2. The van der Waals surface area contributed by atoms with Crippen molar-refractivity contribution in [2.24, 2.45) is 0 Å². The molecule has 0 bridgehead atoms. The van der Waals surface area contributed by atoms with Gasteiger partial charge in [-0.15, -0.1) is 0 Å². The summed E-state index contributed by atoms with van der Waals surface area (Å²) < 4.78 is 6.74. The van der Waals surface area contributed by atoms with Crippen molar-refractivity contribution < 1.29 is 14.3 Å². The van der Waals surface area contributed by atoms with Crippen LogP contribution in [-0.4, -0.2) is 38.1 Å². The number of hydrogen-bond acceptors (Lipinski definition) is 3. The first-order chi connectivity index (χ1) is 11.3. The highest BCUT2D eigenvalue weighted by Crippen LogP contribution is 2.40. The zero-order valence-corrected chi connectivity index (χ0v) is 17.4. The van der Waals surface area contributed by atoms with Gasteiger partial charge in [0.1, 0.15) is 6.04 Å². The predicted octanol–water partition coefficient (Wildman–Crippen LogP) is 4.94. The maximum atomic E-state index is 11.2. The standard InChI is InChI=1S/C19H39NO3Si/c1-6-7-8-9-10-11-12-24(15(2)3,16(4)5)23-17-13-18(19(21)22)20-14-17/h15-18,20H,6-14H2,1-5H3,(H,21,22)/t17-,18+/m1/s1. The van der Waals surface area contributed by atoms with Gasteiger partial charge in [0.05, 0.1) is 6.10 Å². The maximum absolute atomic E-state index is 11.2. The highest BCUT2D eigenvalue weighted by Gasteiger charge is 2.45. The summed E-state index contributed by atoms with van der Waals surface area (Å²) in [4.78, 5) is 11.2. The van der Waals surface area contributed by atoms with Crippen LogP contribution in [0, 0.1) is 0 Å². The van der Waals surface area contributed by atoms with E-state index in [2.05, 4.69) is 39.9 Å². The molecule has 24 heavy (non-hydrogen) atoms. The van der Waals surface area contributed by atoms with Crippen LogP contribution in [0.5, 0.6) is 0 Å². The zero-order chi connectivity index (χ0) is 18.2. The minimum absolute atomic E-state index is 0.0719. The smallest absolute Gasteiger partial charge is 0.320 e. The van der Waals surface area contributed by atoms with E-state index in [0.717, 1.165) is 0 Å². The van der Waals surface area contributed by atoms with E-state index in [1.807, 2.05) is 0 Å². The van der Waals surface area contributed by atoms with Crippen LogP contribution in [0.2, 0.25) is 17.1 Å². The quantitative estimate of drug-likeness (QED) is 0.383. The minimum atomic E-state index is -1.88. The van der Waals surface area contributed by atoms with E-state index in [-0.39, 0.29) is 6.10 Å². The van der Waals surface area contributed by atoms with E-state index >= 15 is 0 Å². The number of unbranched alkanes of at least 4 members (excludes halogenated alkanes) is 5. The molecule has 1 aliphatic rings. The van der Waals surface area contributed by atoms with Gasteiger partial charge in [0.15, 0.2) is 8.32 Å². The Kier molecular flexibility index (Phi) is 9.53. The Morgan fingerprint density at radius 1 is 1.12 bits per heavy atom. The number of carboxylic acid groups (broad SMARTS) is 1. The van der Waals surface area contributed by atoms with Crippen LogP contribution < -0.4 is 5.32 Å². The molecule has 2 N–H and O–H groups in total. The lowest BCUT2D eigenvalue weighted by atomic mass is 10.1. The molecule has 0 aromatic rings. The molecule has 0 radical (unpaired) electrons. The van der Waals surface area contributed by atoms with Gasteiger partial charge in [0, 0.05) is 6.54 Å². The second-order valence-corrected chi connectivity index (χ2v) is 13.0. The van der Waals surface area contributed by atoms with Gasteiger partial charge in [-0.25, -0.2) is 0 Å². The summed E-state index contributed by atoms with van der Waals surface area (Å²) in [6.45, 7) is 12.2. The van der Waals surface area contributed by atoms with Crippen molar-refractivity contribution in [2.45, 2.75) is 109 Å². The maximum Gasteiger partial charge on any atom is 0.320 e. The largest absolute Gasteiger partial charge is 0.480 e. The van der Waals surface area contributed by atoms with Gasteiger partial charge in [-0.2, -0.15) is 0 Å². The second kappa shape index (κ2) is 10.6. The van der Waals surface area contributed by atoms with Gasteiger partial charge in [-0.3, -0.25) is 4.79 Å². The molecule has 1 fully saturated rings. The molecule has 0 amide bonds. The van der Waals surface area contributed by atoms with E-state index in [4.69, 9.17) is 4.43 Å². The van der Waals surface area contributed by atoms with Gasteiger partial charge < -0.3 is 14.8 Å². The molecular weight excluding hydrogens is 318 g/mol. The molecule has 0 aliphatic carbocycles. The minimum Gasteiger partial charge on any atom is -0.480 e. The van der Waals surface area contributed by atoms with Crippen molar-refractivity contribution >= 4 is 14.3 Å². The Morgan fingerprint density at radius 3 is 2.21 bits per heavy atom. The monoisotopic (exact) mass is 357 g/mol. The van der Waals surface area contributed by atoms with E-state index in [1.54, 1.807) is 0 Å². The molecular formula is C19H39NO3Si. The molecule has 0 spiro atoms. The molecule has 5 heteroatoms. The Balaban J connectivity index is 2.60. The molecule has 1 aliphatic heterocycles. The molecule has 4 nitrogen and oxygen atoms in total. The summed E-state index contributed by atoms with van der Waals surface area (Å²) in [7, 11) is -1.88. The van der Waals surface area contributed by atoms with Crippen molar-refractivity contribution in [3.05, 3.63) is 0 Å². The highest BCUT2D eigenvalue weighted by atomic mass is 28.4. The van der Waals surface area contributed by atoms with Crippen LogP contribution in [-0.2, 0) is 9.22 Å². The predicted molar refractivity (Wildman–Crippen MR) is 103 cm³/mol. The third kappa shape index (κ3) is 6.16. The summed E-state index contributed by atoms with van der Waals surface area (Å²) in [5.41, 5.74) is 1.13. The molecule has 1 rings (SSSR count). The average Bonchev–Trinajstić information content (AvgIpc) is 2.97. The van der Waals surface area contributed by atoms with Crippen molar-refractivity contribution in [1.82, 2.24) is 5.32 Å².